The Morgan fingerprint density at radius 1 is 0.195 bits per heavy atom. The van der Waals surface area contributed by atoms with Gasteiger partial charge in [-0.15, -0.1) is 0 Å². The molecular weight excluding hydrogens is 925 g/mol. The molecule has 0 radical (unpaired) electrons. The minimum absolute atomic E-state index is 0.637. The van der Waals surface area contributed by atoms with Crippen LogP contribution in [0.1, 0.15) is 22.3 Å². The van der Waals surface area contributed by atoms with Crippen molar-refractivity contribution >= 4 is 75.4 Å². The van der Waals surface area contributed by atoms with E-state index >= 15 is 0 Å². The third-order valence-electron chi connectivity index (χ3n) is 17.0. The standard InChI is InChI=1S/C77H48/c1-3-23-58(24-4-1)77(59-25-5-2-6-26-59)71-48-57(75-68-33-17-15-31-66(68)73(67-32-16-18-34-69(67)75)55-38-36-50-20-8-10-22-52(50)46-55)41-43-61(71)70-44-39-53-47-56(40-42-60(53)76(70)77)74-64-29-13-11-27-62(64)72(63-28-12-14-30-65(63)74)54-37-35-49-19-7-9-21-51(49)45-54/h1-48H. The number of hydrogen-bond acceptors (Lipinski definition) is 0. The molecular formula is C77H48. The van der Waals surface area contributed by atoms with E-state index in [-0.39, 0.29) is 0 Å². The van der Waals surface area contributed by atoms with Gasteiger partial charge in [-0.05, 0) is 178 Å². The second-order valence-electron chi connectivity index (χ2n) is 21.0. The highest BCUT2D eigenvalue weighted by Gasteiger charge is 2.47. The van der Waals surface area contributed by atoms with Gasteiger partial charge in [-0.25, -0.2) is 0 Å². The van der Waals surface area contributed by atoms with Crippen molar-refractivity contribution in [2.45, 2.75) is 5.41 Å². The Morgan fingerprint density at radius 2 is 0.506 bits per heavy atom. The maximum atomic E-state index is 2.55. The number of hydrogen-bond donors (Lipinski definition) is 0. The summed E-state index contributed by atoms with van der Waals surface area (Å²) in [5.41, 5.74) is 17.0. The number of rotatable bonds is 6. The van der Waals surface area contributed by atoms with Crippen LogP contribution >= 0.6 is 0 Å². The maximum absolute atomic E-state index is 2.55. The smallest absolute Gasteiger partial charge is 0.0622 e. The Labute approximate surface area is 447 Å². The van der Waals surface area contributed by atoms with E-state index in [1.807, 2.05) is 0 Å². The molecule has 356 valence electrons. The van der Waals surface area contributed by atoms with Gasteiger partial charge >= 0.3 is 0 Å². The van der Waals surface area contributed by atoms with Gasteiger partial charge in [0.25, 0.3) is 0 Å². The highest BCUT2D eigenvalue weighted by Crippen LogP contribution is 2.60. The zero-order valence-corrected chi connectivity index (χ0v) is 42.2. The highest BCUT2D eigenvalue weighted by atomic mass is 14.5. The molecule has 77 heavy (non-hydrogen) atoms. The van der Waals surface area contributed by atoms with Gasteiger partial charge < -0.3 is 0 Å². The molecule has 15 aromatic carbocycles. The molecule has 0 fully saturated rings. The molecule has 0 nitrogen and oxygen atoms in total. The second kappa shape index (κ2) is 17.1. The van der Waals surface area contributed by atoms with Crippen molar-refractivity contribution in [3.05, 3.63) is 313 Å². The van der Waals surface area contributed by atoms with Gasteiger partial charge in [0.2, 0.25) is 0 Å². The van der Waals surface area contributed by atoms with Crippen LogP contribution in [0, 0.1) is 0 Å². The SMILES string of the molecule is c1ccc(C2(c3ccccc3)c3cc(-c4c5ccccc5c(-c5ccc6ccccc6c5)c5ccccc45)ccc3-c3ccc4cc(-c5c6ccccc6c(-c6ccc7ccccc7c6)c6ccccc56)ccc4c32)cc1. The van der Waals surface area contributed by atoms with E-state index in [2.05, 4.69) is 291 Å². The molecule has 1 aliphatic rings. The van der Waals surface area contributed by atoms with Crippen LogP contribution in [0.5, 0.6) is 0 Å². The van der Waals surface area contributed by atoms with Crippen LogP contribution in [-0.4, -0.2) is 0 Å². The zero-order valence-electron chi connectivity index (χ0n) is 42.2. The fourth-order valence-electron chi connectivity index (χ4n) is 13.8. The van der Waals surface area contributed by atoms with Gasteiger partial charge in [-0.2, -0.15) is 0 Å². The molecule has 0 N–H and O–H groups in total. The quantitative estimate of drug-likeness (QED) is 0.146. The first-order valence-electron chi connectivity index (χ1n) is 26.9. The molecule has 0 bridgehead atoms. The summed E-state index contributed by atoms with van der Waals surface area (Å²) in [6, 6.07) is 109. The summed E-state index contributed by atoms with van der Waals surface area (Å²) in [6.07, 6.45) is 0. The number of fused-ring (bicyclic) bond motifs is 11. The van der Waals surface area contributed by atoms with E-state index in [0.717, 1.165) is 0 Å². The lowest BCUT2D eigenvalue weighted by Crippen LogP contribution is -2.28. The molecule has 0 heteroatoms. The summed E-state index contributed by atoms with van der Waals surface area (Å²) in [6.45, 7) is 0. The van der Waals surface area contributed by atoms with Gasteiger partial charge in [0, 0.05) is 0 Å². The minimum Gasteiger partial charge on any atom is -0.0622 e. The summed E-state index contributed by atoms with van der Waals surface area (Å²) in [7, 11) is 0. The van der Waals surface area contributed by atoms with Crippen molar-refractivity contribution in [3.63, 3.8) is 0 Å². The first-order valence-corrected chi connectivity index (χ1v) is 26.9. The van der Waals surface area contributed by atoms with E-state index in [1.54, 1.807) is 0 Å². The second-order valence-corrected chi connectivity index (χ2v) is 21.0. The topological polar surface area (TPSA) is 0 Å². The minimum atomic E-state index is -0.637. The molecule has 0 heterocycles. The molecule has 0 amide bonds. The molecule has 0 unspecified atom stereocenters. The lowest BCUT2D eigenvalue weighted by Gasteiger charge is -2.35. The average molecular weight is 973 g/mol. The van der Waals surface area contributed by atoms with Gasteiger partial charge in [0.05, 0.1) is 5.41 Å². The normalized spacial score (nSPS) is 12.8. The highest BCUT2D eigenvalue weighted by molar-refractivity contribution is 6.24. The third kappa shape index (κ3) is 6.46. The average Bonchev–Trinajstić information content (AvgIpc) is 3.83. The first-order chi connectivity index (χ1) is 38.2. The molecule has 15 aromatic rings. The van der Waals surface area contributed by atoms with Crippen molar-refractivity contribution in [1.82, 2.24) is 0 Å². The molecule has 0 atom stereocenters. The molecule has 0 saturated heterocycles. The van der Waals surface area contributed by atoms with Gasteiger partial charge in [-0.1, -0.05) is 267 Å². The van der Waals surface area contributed by atoms with E-state index in [4.69, 9.17) is 0 Å². The van der Waals surface area contributed by atoms with Crippen LogP contribution in [0.4, 0.5) is 0 Å². The summed E-state index contributed by atoms with van der Waals surface area (Å²) in [5, 5.41) is 17.5. The predicted octanol–water partition coefficient (Wildman–Crippen LogP) is 20.8. The Morgan fingerprint density at radius 3 is 0.935 bits per heavy atom. The van der Waals surface area contributed by atoms with Crippen LogP contribution < -0.4 is 0 Å². The summed E-state index contributed by atoms with van der Waals surface area (Å²) < 4.78 is 0. The fraction of sp³-hybridized carbons (Fsp3) is 0.0130. The van der Waals surface area contributed by atoms with E-state index < -0.39 is 5.41 Å². The Bertz CT molecular complexity index is 4750. The van der Waals surface area contributed by atoms with Gasteiger partial charge in [0.1, 0.15) is 0 Å². The maximum Gasteiger partial charge on any atom is 0.0719 e. The van der Waals surface area contributed by atoms with Crippen molar-refractivity contribution in [3.8, 4) is 55.6 Å². The fourth-order valence-corrected chi connectivity index (χ4v) is 13.8. The molecule has 0 aliphatic heterocycles. The molecule has 0 saturated carbocycles. The van der Waals surface area contributed by atoms with Crippen molar-refractivity contribution in [2.24, 2.45) is 0 Å². The summed E-state index contributed by atoms with van der Waals surface area (Å²) >= 11 is 0. The van der Waals surface area contributed by atoms with Crippen molar-refractivity contribution < 1.29 is 0 Å². The Hall–Kier alpha value is -9.88. The van der Waals surface area contributed by atoms with Crippen LogP contribution in [0.15, 0.2) is 291 Å². The van der Waals surface area contributed by atoms with Crippen molar-refractivity contribution in [2.75, 3.05) is 0 Å². The Kier molecular flexibility index (Phi) is 9.65. The largest absolute Gasteiger partial charge is 0.0719 e. The van der Waals surface area contributed by atoms with Crippen LogP contribution in [0.2, 0.25) is 0 Å². The lowest BCUT2D eigenvalue weighted by molar-refractivity contribution is 0.776. The van der Waals surface area contributed by atoms with Crippen molar-refractivity contribution in [1.29, 1.82) is 0 Å². The monoisotopic (exact) mass is 972 g/mol. The zero-order chi connectivity index (χ0) is 50.6. The third-order valence-corrected chi connectivity index (χ3v) is 17.0. The van der Waals surface area contributed by atoms with Gasteiger partial charge in [-0.3, -0.25) is 0 Å². The van der Waals surface area contributed by atoms with E-state index in [1.165, 1.54) is 153 Å². The Balaban J connectivity index is 0.934. The van der Waals surface area contributed by atoms with Crippen LogP contribution in [0.25, 0.3) is 131 Å². The van der Waals surface area contributed by atoms with E-state index in [0.29, 0.717) is 0 Å². The predicted molar refractivity (Wildman–Crippen MR) is 328 cm³/mol. The van der Waals surface area contributed by atoms with E-state index in [9.17, 15) is 0 Å². The van der Waals surface area contributed by atoms with Crippen LogP contribution in [-0.2, 0) is 5.41 Å². The molecule has 0 aromatic heterocycles. The molecule has 16 rings (SSSR count). The lowest BCUT2D eigenvalue weighted by atomic mass is 9.66. The number of benzene rings is 15. The first kappa shape index (κ1) is 43.5. The summed E-state index contributed by atoms with van der Waals surface area (Å²) in [5.74, 6) is 0. The summed E-state index contributed by atoms with van der Waals surface area (Å²) in [4.78, 5) is 0. The molecule has 1 aliphatic carbocycles. The van der Waals surface area contributed by atoms with Crippen LogP contribution in [0.3, 0.4) is 0 Å². The van der Waals surface area contributed by atoms with Gasteiger partial charge in [0.15, 0.2) is 0 Å². The molecule has 0 spiro atoms.